The van der Waals surface area contributed by atoms with Crippen LogP contribution in [0, 0.1) is 0 Å². The summed E-state index contributed by atoms with van der Waals surface area (Å²) in [6, 6.07) is 7.26. The van der Waals surface area contributed by atoms with Crippen LogP contribution in [0.4, 0.5) is 10.5 Å². The van der Waals surface area contributed by atoms with Crippen LogP contribution >= 0.6 is 0 Å². The Bertz CT molecular complexity index is 341. The summed E-state index contributed by atoms with van der Waals surface area (Å²) in [5.41, 5.74) is 1.60. The SMILES string of the molecule is COCc1cccc(NC(=O)OCCO)c1. The van der Waals surface area contributed by atoms with E-state index in [1.165, 1.54) is 0 Å². The number of carbonyl (C=O) groups is 1. The maximum Gasteiger partial charge on any atom is 0.411 e. The third-order valence-electron chi connectivity index (χ3n) is 1.81. The lowest BCUT2D eigenvalue weighted by Crippen LogP contribution is -2.15. The maximum atomic E-state index is 11.2. The van der Waals surface area contributed by atoms with Gasteiger partial charge in [0.25, 0.3) is 0 Å². The van der Waals surface area contributed by atoms with E-state index in [-0.39, 0.29) is 13.2 Å². The van der Waals surface area contributed by atoms with Gasteiger partial charge < -0.3 is 14.6 Å². The molecule has 16 heavy (non-hydrogen) atoms. The highest BCUT2D eigenvalue weighted by Gasteiger charge is 2.02. The van der Waals surface area contributed by atoms with Crippen LogP contribution in [0.1, 0.15) is 5.56 Å². The molecule has 0 radical (unpaired) electrons. The van der Waals surface area contributed by atoms with Gasteiger partial charge in [-0.3, -0.25) is 5.32 Å². The highest BCUT2D eigenvalue weighted by molar-refractivity contribution is 5.84. The lowest BCUT2D eigenvalue weighted by atomic mass is 10.2. The summed E-state index contributed by atoms with van der Waals surface area (Å²) in [5.74, 6) is 0. The molecule has 0 aromatic heterocycles. The molecule has 0 aliphatic heterocycles. The van der Waals surface area contributed by atoms with Crippen LogP contribution in [-0.2, 0) is 16.1 Å². The second-order valence-electron chi connectivity index (χ2n) is 3.12. The van der Waals surface area contributed by atoms with Crippen LogP contribution in [0.25, 0.3) is 0 Å². The molecule has 0 unspecified atom stereocenters. The molecule has 1 rings (SSSR count). The van der Waals surface area contributed by atoms with E-state index >= 15 is 0 Å². The van der Waals surface area contributed by atoms with E-state index in [2.05, 4.69) is 10.1 Å². The first-order valence-electron chi connectivity index (χ1n) is 4.88. The molecule has 1 aromatic rings. The van der Waals surface area contributed by atoms with Gasteiger partial charge in [0.15, 0.2) is 0 Å². The molecule has 2 N–H and O–H groups in total. The number of methoxy groups -OCH3 is 1. The topological polar surface area (TPSA) is 67.8 Å². The van der Waals surface area contributed by atoms with E-state index in [1.807, 2.05) is 12.1 Å². The molecular weight excluding hydrogens is 210 g/mol. The quantitative estimate of drug-likeness (QED) is 0.794. The van der Waals surface area contributed by atoms with Gasteiger partial charge >= 0.3 is 6.09 Å². The Balaban J connectivity index is 2.52. The van der Waals surface area contributed by atoms with E-state index in [0.29, 0.717) is 12.3 Å². The fourth-order valence-electron chi connectivity index (χ4n) is 1.20. The van der Waals surface area contributed by atoms with E-state index < -0.39 is 6.09 Å². The predicted octanol–water partition coefficient (Wildman–Crippen LogP) is 1.37. The average molecular weight is 225 g/mol. The van der Waals surface area contributed by atoms with Crippen LogP contribution in [-0.4, -0.2) is 31.5 Å². The molecule has 0 aliphatic rings. The molecule has 0 atom stereocenters. The first kappa shape index (κ1) is 12.5. The number of hydrogen-bond acceptors (Lipinski definition) is 4. The van der Waals surface area contributed by atoms with Gasteiger partial charge in [-0.1, -0.05) is 12.1 Å². The zero-order chi connectivity index (χ0) is 11.8. The van der Waals surface area contributed by atoms with Crippen LogP contribution in [0.15, 0.2) is 24.3 Å². The lowest BCUT2D eigenvalue weighted by Gasteiger charge is -2.07. The Morgan fingerprint density at radius 1 is 1.50 bits per heavy atom. The number of rotatable bonds is 5. The smallest absolute Gasteiger partial charge is 0.411 e. The molecule has 0 bridgehead atoms. The second kappa shape index (κ2) is 6.81. The monoisotopic (exact) mass is 225 g/mol. The molecule has 0 spiro atoms. The van der Waals surface area contributed by atoms with Crippen LogP contribution < -0.4 is 5.32 Å². The van der Waals surface area contributed by atoms with Crippen molar-refractivity contribution in [2.24, 2.45) is 0 Å². The van der Waals surface area contributed by atoms with Crippen molar-refractivity contribution < 1.29 is 19.4 Å². The Kier molecular flexibility index (Phi) is 5.31. The van der Waals surface area contributed by atoms with Crippen molar-refractivity contribution in [3.8, 4) is 0 Å². The zero-order valence-corrected chi connectivity index (χ0v) is 9.10. The van der Waals surface area contributed by atoms with Gasteiger partial charge in [-0.05, 0) is 17.7 Å². The first-order chi connectivity index (χ1) is 7.76. The number of nitrogens with one attached hydrogen (secondary N) is 1. The minimum Gasteiger partial charge on any atom is -0.447 e. The van der Waals surface area contributed by atoms with Crippen molar-refractivity contribution in [2.45, 2.75) is 6.61 Å². The fourth-order valence-corrected chi connectivity index (χ4v) is 1.20. The number of hydrogen-bond donors (Lipinski definition) is 2. The minimum absolute atomic E-state index is 0.0103. The molecule has 0 saturated heterocycles. The Morgan fingerprint density at radius 2 is 2.31 bits per heavy atom. The van der Waals surface area contributed by atoms with Crippen LogP contribution in [0.3, 0.4) is 0 Å². The molecule has 0 heterocycles. The molecule has 88 valence electrons. The molecule has 0 aliphatic carbocycles. The van der Waals surface area contributed by atoms with Crippen molar-refractivity contribution in [1.82, 2.24) is 0 Å². The third-order valence-corrected chi connectivity index (χ3v) is 1.81. The Morgan fingerprint density at radius 3 is 3.00 bits per heavy atom. The highest BCUT2D eigenvalue weighted by atomic mass is 16.6. The predicted molar refractivity (Wildman–Crippen MR) is 59.2 cm³/mol. The number of ether oxygens (including phenoxy) is 2. The van der Waals surface area contributed by atoms with Gasteiger partial charge in [0.05, 0.1) is 13.2 Å². The number of benzene rings is 1. The van der Waals surface area contributed by atoms with Gasteiger partial charge in [-0.25, -0.2) is 4.79 Å². The van der Waals surface area contributed by atoms with Crippen LogP contribution in [0.5, 0.6) is 0 Å². The third kappa shape index (κ3) is 4.29. The first-order valence-corrected chi connectivity index (χ1v) is 4.88. The standard InChI is InChI=1S/C11H15NO4/c1-15-8-9-3-2-4-10(7-9)12-11(14)16-6-5-13/h2-4,7,13H,5-6,8H2,1H3,(H,12,14). The normalized spacial score (nSPS) is 9.88. The van der Waals surface area contributed by atoms with Gasteiger partial charge in [0.1, 0.15) is 6.61 Å². The number of carbonyl (C=O) groups excluding carboxylic acids is 1. The summed E-state index contributed by atoms with van der Waals surface area (Å²) in [4.78, 5) is 11.2. The van der Waals surface area contributed by atoms with Crippen molar-refractivity contribution >= 4 is 11.8 Å². The van der Waals surface area contributed by atoms with E-state index in [4.69, 9.17) is 9.84 Å². The fraction of sp³-hybridized carbons (Fsp3) is 0.364. The highest BCUT2D eigenvalue weighted by Crippen LogP contribution is 2.11. The van der Waals surface area contributed by atoms with Crippen molar-refractivity contribution in [3.05, 3.63) is 29.8 Å². The number of aliphatic hydroxyl groups excluding tert-OH is 1. The number of aliphatic hydroxyl groups is 1. The van der Waals surface area contributed by atoms with Crippen molar-refractivity contribution in [2.75, 3.05) is 25.6 Å². The molecule has 5 heteroatoms. The largest absolute Gasteiger partial charge is 0.447 e. The van der Waals surface area contributed by atoms with E-state index in [1.54, 1.807) is 19.2 Å². The average Bonchev–Trinajstić information content (AvgIpc) is 2.27. The van der Waals surface area contributed by atoms with Crippen LogP contribution in [0.2, 0.25) is 0 Å². The van der Waals surface area contributed by atoms with Gasteiger partial charge in [0.2, 0.25) is 0 Å². The summed E-state index contributed by atoms with van der Waals surface area (Å²) in [6.07, 6.45) is -0.580. The minimum atomic E-state index is -0.580. The van der Waals surface area contributed by atoms with Gasteiger partial charge in [-0.15, -0.1) is 0 Å². The number of amides is 1. The molecule has 5 nitrogen and oxygen atoms in total. The molecule has 0 fully saturated rings. The molecule has 0 saturated carbocycles. The van der Waals surface area contributed by atoms with Crippen molar-refractivity contribution in [1.29, 1.82) is 0 Å². The van der Waals surface area contributed by atoms with E-state index in [0.717, 1.165) is 5.56 Å². The lowest BCUT2D eigenvalue weighted by molar-refractivity contribution is 0.131. The number of anilines is 1. The Labute approximate surface area is 94.0 Å². The zero-order valence-electron chi connectivity index (χ0n) is 9.10. The molecular formula is C11H15NO4. The summed E-state index contributed by atoms with van der Waals surface area (Å²) in [7, 11) is 1.61. The van der Waals surface area contributed by atoms with Gasteiger partial charge in [-0.2, -0.15) is 0 Å². The summed E-state index contributed by atoms with van der Waals surface area (Å²) in [5, 5.41) is 11.0. The maximum absolute atomic E-state index is 11.2. The summed E-state index contributed by atoms with van der Waals surface area (Å²) in [6.45, 7) is 0.294. The van der Waals surface area contributed by atoms with Crippen molar-refractivity contribution in [3.63, 3.8) is 0 Å². The van der Waals surface area contributed by atoms with E-state index in [9.17, 15) is 4.79 Å². The summed E-state index contributed by atoms with van der Waals surface area (Å²) < 4.78 is 9.64. The second-order valence-corrected chi connectivity index (χ2v) is 3.12. The Hall–Kier alpha value is -1.59. The molecule has 1 aromatic carbocycles. The van der Waals surface area contributed by atoms with Gasteiger partial charge in [0, 0.05) is 12.8 Å². The molecule has 1 amide bonds. The summed E-state index contributed by atoms with van der Waals surface area (Å²) >= 11 is 0.